The summed E-state index contributed by atoms with van der Waals surface area (Å²) in [5.74, 6) is -0.456. The molecule has 0 heterocycles. The fraction of sp³-hybridized carbons (Fsp3) is 0.316. The van der Waals surface area contributed by atoms with Crippen LogP contribution in [-0.4, -0.2) is 17.2 Å². The molecule has 1 N–H and O–H groups in total. The second-order valence-electron chi connectivity index (χ2n) is 5.72. The van der Waals surface area contributed by atoms with Crippen molar-refractivity contribution >= 4 is 5.97 Å². The van der Waals surface area contributed by atoms with Crippen molar-refractivity contribution in [3.63, 3.8) is 0 Å². The van der Waals surface area contributed by atoms with E-state index in [-0.39, 0.29) is 0 Å². The van der Waals surface area contributed by atoms with Crippen LogP contribution in [0.25, 0.3) is 0 Å². The molecule has 0 bridgehead atoms. The third-order valence-corrected chi connectivity index (χ3v) is 3.64. The van der Waals surface area contributed by atoms with E-state index in [4.69, 9.17) is 4.74 Å². The highest BCUT2D eigenvalue weighted by atomic mass is 16.5. The molecule has 1 atom stereocenters. The Bertz CT molecular complexity index is 588. The Morgan fingerprint density at radius 1 is 1.00 bits per heavy atom. The SMILES string of the molecule is CC(C)c1ccc(C[C@@H](OCc2ccccc2)C(=O)O)cc1. The van der Waals surface area contributed by atoms with Gasteiger partial charge in [-0.1, -0.05) is 68.4 Å². The summed E-state index contributed by atoms with van der Waals surface area (Å²) in [7, 11) is 0. The van der Waals surface area contributed by atoms with Gasteiger partial charge in [-0.2, -0.15) is 0 Å². The van der Waals surface area contributed by atoms with E-state index in [1.54, 1.807) is 0 Å². The lowest BCUT2D eigenvalue weighted by Gasteiger charge is -2.14. The smallest absolute Gasteiger partial charge is 0.333 e. The Labute approximate surface area is 131 Å². The summed E-state index contributed by atoms with van der Waals surface area (Å²) >= 11 is 0. The summed E-state index contributed by atoms with van der Waals surface area (Å²) in [6.45, 7) is 4.58. The molecule has 2 rings (SSSR count). The molecule has 0 aliphatic rings. The fourth-order valence-electron chi connectivity index (χ4n) is 2.24. The lowest BCUT2D eigenvalue weighted by molar-refractivity contribution is -0.151. The van der Waals surface area contributed by atoms with Crippen LogP contribution >= 0.6 is 0 Å². The van der Waals surface area contributed by atoms with Crippen LogP contribution in [0.15, 0.2) is 54.6 Å². The highest BCUT2D eigenvalue weighted by molar-refractivity contribution is 5.72. The van der Waals surface area contributed by atoms with Crippen LogP contribution < -0.4 is 0 Å². The maximum absolute atomic E-state index is 11.4. The maximum atomic E-state index is 11.4. The van der Waals surface area contributed by atoms with Crippen molar-refractivity contribution in [3.8, 4) is 0 Å². The maximum Gasteiger partial charge on any atom is 0.333 e. The predicted octanol–water partition coefficient (Wildman–Crippen LogP) is 4.02. The molecule has 0 aliphatic carbocycles. The van der Waals surface area contributed by atoms with Crippen molar-refractivity contribution in [3.05, 3.63) is 71.3 Å². The van der Waals surface area contributed by atoms with Crippen molar-refractivity contribution in [2.24, 2.45) is 0 Å². The molecule has 2 aromatic rings. The molecular weight excluding hydrogens is 276 g/mol. The van der Waals surface area contributed by atoms with Gasteiger partial charge >= 0.3 is 5.97 Å². The van der Waals surface area contributed by atoms with Gasteiger partial charge in [0.15, 0.2) is 6.10 Å². The summed E-state index contributed by atoms with van der Waals surface area (Å²) in [5, 5.41) is 9.33. The zero-order chi connectivity index (χ0) is 15.9. The molecule has 22 heavy (non-hydrogen) atoms. The molecule has 0 fully saturated rings. The number of hydrogen-bond donors (Lipinski definition) is 1. The molecule has 3 nitrogen and oxygen atoms in total. The molecule has 0 unspecified atom stereocenters. The average Bonchev–Trinajstić information content (AvgIpc) is 2.52. The number of rotatable bonds is 7. The molecule has 3 heteroatoms. The van der Waals surface area contributed by atoms with E-state index < -0.39 is 12.1 Å². The van der Waals surface area contributed by atoms with E-state index >= 15 is 0 Å². The van der Waals surface area contributed by atoms with Gasteiger partial charge in [0, 0.05) is 6.42 Å². The van der Waals surface area contributed by atoms with E-state index in [1.165, 1.54) is 5.56 Å². The minimum Gasteiger partial charge on any atom is -0.479 e. The standard InChI is InChI=1S/C19H22O3/c1-14(2)17-10-8-15(9-11-17)12-18(19(20)21)22-13-16-6-4-3-5-7-16/h3-11,14,18H,12-13H2,1-2H3,(H,20,21)/t18-/m1/s1. The van der Waals surface area contributed by atoms with Crippen LogP contribution in [0.5, 0.6) is 0 Å². The van der Waals surface area contributed by atoms with Crippen LogP contribution in [0.3, 0.4) is 0 Å². The van der Waals surface area contributed by atoms with Gasteiger partial charge < -0.3 is 9.84 Å². The number of aliphatic carboxylic acids is 1. The Balaban J connectivity index is 1.98. The minimum absolute atomic E-state index is 0.307. The van der Waals surface area contributed by atoms with Gasteiger partial charge in [-0.25, -0.2) is 4.79 Å². The first kappa shape index (κ1) is 16.2. The van der Waals surface area contributed by atoms with Gasteiger partial charge in [0.2, 0.25) is 0 Å². The molecule has 0 radical (unpaired) electrons. The monoisotopic (exact) mass is 298 g/mol. The van der Waals surface area contributed by atoms with Crippen molar-refractivity contribution in [2.75, 3.05) is 0 Å². The molecular formula is C19H22O3. The lowest BCUT2D eigenvalue weighted by atomic mass is 10.00. The first-order valence-electron chi connectivity index (χ1n) is 7.53. The van der Waals surface area contributed by atoms with Gasteiger partial charge in [-0.05, 0) is 22.6 Å². The van der Waals surface area contributed by atoms with Crippen molar-refractivity contribution < 1.29 is 14.6 Å². The second-order valence-corrected chi connectivity index (χ2v) is 5.72. The zero-order valence-corrected chi connectivity index (χ0v) is 13.0. The van der Waals surface area contributed by atoms with Crippen LogP contribution in [-0.2, 0) is 22.6 Å². The normalized spacial score (nSPS) is 12.3. The number of carboxylic acid groups (broad SMARTS) is 1. The highest BCUT2D eigenvalue weighted by Gasteiger charge is 2.18. The van der Waals surface area contributed by atoms with E-state index in [2.05, 4.69) is 26.0 Å². The Kier molecular flexibility index (Phi) is 5.73. The number of carboxylic acids is 1. The highest BCUT2D eigenvalue weighted by Crippen LogP contribution is 2.16. The van der Waals surface area contributed by atoms with E-state index in [0.29, 0.717) is 18.9 Å². The third-order valence-electron chi connectivity index (χ3n) is 3.64. The van der Waals surface area contributed by atoms with Crippen molar-refractivity contribution in [1.82, 2.24) is 0 Å². The number of benzene rings is 2. The topological polar surface area (TPSA) is 46.5 Å². The van der Waals surface area contributed by atoms with E-state index in [1.807, 2.05) is 42.5 Å². The van der Waals surface area contributed by atoms with Crippen molar-refractivity contribution in [2.45, 2.75) is 38.9 Å². The second kappa shape index (κ2) is 7.76. The largest absolute Gasteiger partial charge is 0.479 e. The first-order chi connectivity index (χ1) is 10.6. The summed E-state index contributed by atoms with van der Waals surface area (Å²) in [5.41, 5.74) is 3.20. The summed E-state index contributed by atoms with van der Waals surface area (Å²) < 4.78 is 5.57. The molecule has 0 saturated heterocycles. The first-order valence-corrected chi connectivity index (χ1v) is 7.53. The number of carbonyl (C=O) groups is 1. The van der Waals surface area contributed by atoms with Gasteiger partial charge in [-0.15, -0.1) is 0 Å². The van der Waals surface area contributed by atoms with Crippen LogP contribution in [0.2, 0.25) is 0 Å². The number of hydrogen-bond acceptors (Lipinski definition) is 2. The predicted molar refractivity (Wildman–Crippen MR) is 86.9 cm³/mol. The Morgan fingerprint density at radius 3 is 2.18 bits per heavy atom. The van der Waals surface area contributed by atoms with Gasteiger partial charge in [-0.3, -0.25) is 0 Å². The van der Waals surface area contributed by atoms with Gasteiger partial charge in [0.05, 0.1) is 6.61 Å². The quantitative estimate of drug-likeness (QED) is 0.839. The minimum atomic E-state index is -0.927. The van der Waals surface area contributed by atoms with Crippen LogP contribution in [0, 0.1) is 0 Å². The van der Waals surface area contributed by atoms with Crippen LogP contribution in [0.1, 0.15) is 36.5 Å². The molecule has 2 aromatic carbocycles. The summed E-state index contributed by atoms with van der Waals surface area (Å²) in [6.07, 6.45) is -0.453. The Hall–Kier alpha value is -2.13. The summed E-state index contributed by atoms with van der Waals surface area (Å²) in [4.78, 5) is 11.4. The third kappa shape index (κ3) is 4.71. The van der Waals surface area contributed by atoms with Crippen LogP contribution in [0.4, 0.5) is 0 Å². The average molecular weight is 298 g/mol. The lowest BCUT2D eigenvalue weighted by Crippen LogP contribution is -2.26. The number of ether oxygens (including phenoxy) is 1. The molecule has 0 saturated carbocycles. The zero-order valence-electron chi connectivity index (χ0n) is 13.0. The molecule has 0 spiro atoms. The molecule has 0 amide bonds. The molecule has 116 valence electrons. The molecule has 0 aliphatic heterocycles. The van der Waals surface area contributed by atoms with Gasteiger partial charge in [0.1, 0.15) is 0 Å². The van der Waals surface area contributed by atoms with Crippen molar-refractivity contribution in [1.29, 1.82) is 0 Å². The summed E-state index contributed by atoms with van der Waals surface area (Å²) in [6, 6.07) is 17.7. The fourth-order valence-corrected chi connectivity index (χ4v) is 2.24. The van der Waals surface area contributed by atoms with Gasteiger partial charge in [0.25, 0.3) is 0 Å². The molecule has 0 aromatic heterocycles. The van der Waals surface area contributed by atoms with E-state index in [0.717, 1.165) is 11.1 Å². The van der Waals surface area contributed by atoms with E-state index in [9.17, 15) is 9.90 Å². The Morgan fingerprint density at radius 2 is 1.64 bits per heavy atom.